The van der Waals surface area contributed by atoms with Crippen LogP contribution in [-0.2, 0) is 0 Å². The van der Waals surface area contributed by atoms with E-state index in [2.05, 4.69) is 25.3 Å². The van der Waals surface area contributed by atoms with Gasteiger partial charge in [0.1, 0.15) is 11.2 Å². The van der Waals surface area contributed by atoms with Crippen molar-refractivity contribution >= 4 is 28.0 Å². The van der Waals surface area contributed by atoms with Gasteiger partial charge in [0, 0.05) is 13.2 Å². The molecule has 3 aromatic rings. The number of nitrogens with one attached hydrogen (secondary N) is 3. The molecular weight excluding hydrogens is 206 g/mol. The summed E-state index contributed by atoms with van der Waals surface area (Å²) < 4.78 is 0. The van der Waals surface area contributed by atoms with E-state index in [1.54, 1.807) is 25.8 Å². The molecule has 1 amide bonds. The summed E-state index contributed by atoms with van der Waals surface area (Å²) in [5.74, 6) is -0.149. The zero-order valence-electron chi connectivity index (χ0n) is 8.53. The molecule has 0 aliphatic heterocycles. The second-order valence-corrected chi connectivity index (χ2v) is 3.43. The minimum absolute atomic E-state index is 0.149. The van der Waals surface area contributed by atoms with Gasteiger partial charge in [-0.25, -0.2) is 9.97 Å². The number of aromatic nitrogens is 4. The van der Waals surface area contributed by atoms with Crippen LogP contribution in [0.3, 0.4) is 0 Å². The van der Waals surface area contributed by atoms with Crippen LogP contribution in [0.25, 0.3) is 22.1 Å². The van der Waals surface area contributed by atoms with Gasteiger partial charge < -0.3 is 15.3 Å². The van der Waals surface area contributed by atoms with Crippen LogP contribution in [0.2, 0.25) is 0 Å². The standard InChI is InChI=1S/C10H9N5O/c1-11-10(16)5-2-12-9-7(5)8-6(3-13-9)14-4-15-8/h2-4H,1H3,(H,11,16)(H,12,13)(H,14,15). The van der Waals surface area contributed by atoms with E-state index in [1.165, 1.54) is 0 Å². The summed E-state index contributed by atoms with van der Waals surface area (Å²) in [5.41, 5.74) is 2.79. The first-order chi connectivity index (χ1) is 7.81. The Kier molecular flexibility index (Phi) is 1.70. The molecule has 3 N–H and O–H groups in total. The Bertz CT molecular complexity index is 681. The van der Waals surface area contributed by atoms with E-state index in [0.717, 1.165) is 16.4 Å². The Morgan fingerprint density at radius 3 is 3.06 bits per heavy atom. The minimum Gasteiger partial charge on any atom is -0.355 e. The van der Waals surface area contributed by atoms with E-state index >= 15 is 0 Å². The average Bonchev–Trinajstić information content (AvgIpc) is 2.92. The number of carbonyl (C=O) groups excluding carboxylic acids is 1. The van der Waals surface area contributed by atoms with Gasteiger partial charge in [-0.2, -0.15) is 0 Å². The molecule has 0 fully saturated rings. The molecule has 80 valence electrons. The maximum atomic E-state index is 11.7. The number of aromatic amines is 2. The lowest BCUT2D eigenvalue weighted by atomic mass is 10.2. The first kappa shape index (κ1) is 8.90. The number of fused-ring (bicyclic) bond motifs is 3. The van der Waals surface area contributed by atoms with E-state index in [9.17, 15) is 4.79 Å². The third-order valence-corrected chi connectivity index (χ3v) is 2.56. The third kappa shape index (κ3) is 1.04. The molecule has 0 aromatic carbocycles. The number of rotatable bonds is 1. The minimum atomic E-state index is -0.149. The molecule has 0 unspecified atom stereocenters. The van der Waals surface area contributed by atoms with Gasteiger partial charge in [0.05, 0.1) is 29.0 Å². The quantitative estimate of drug-likeness (QED) is 0.561. The van der Waals surface area contributed by atoms with Gasteiger partial charge in [-0.15, -0.1) is 0 Å². The van der Waals surface area contributed by atoms with Crippen LogP contribution in [0.1, 0.15) is 10.4 Å². The Morgan fingerprint density at radius 2 is 2.25 bits per heavy atom. The summed E-state index contributed by atoms with van der Waals surface area (Å²) >= 11 is 0. The summed E-state index contributed by atoms with van der Waals surface area (Å²) in [4.78, 5) is 26.0. The second-order valence-electron chi connectivity index (χ2n) is 3.43. The van der Waals surface area contributed by atoms with Crippen LogP contribution in [0.15, 0.2) is 18.7 Å². The van der Waals surface area contributed by atoms with Crippen LogP contribution in [0, 0.1) is 0 Å². The smallest absolute Gasteiger partial charge is 0.253 e. The number of nitrogens with zero attached hydrogens (tertiary/aromatic N) is 2. The molecule has 6 nitrogen and oxygen atoms in total. The number of amides is 1. The maximum Gasteiger partial charge on any atom is 0.253 e. The van der Waals surface area contributed by atoms with Crippen molar-refractivity contribution < 1.29 is 4.79 Å². The molecule has 16 heavy (non-hydrogen) atoms. The van der Waals surface area contributed by atoms with Crippen molar-refractivity contribution in [1.82, 2.24) is 25.3 Å². The lowest BCUT2D eigenvalue weighted by Gasteiger charge is -1.97. The molecule has 0 bridgehead atoms. The van der Waals surface area contributed by atoms with Gasteiger partial charge in [-0.1, -0.05) is 0 Å². The number of H-pyrrole nitrogens is 2. The van der Waals surface area contributed by atoms with Gasteiger partial charge in [0.15, 0.2) is 0 Å². The van der Waals surface area contributed by atoms with Crippen molar-refractivity contribution in [1.29, 1.82) is 0 Å². The van der Waals surface area contributed by atoms with Gasteiger partial charge in [0.2, 0.25) is 0 Å². The van der Waals surface area contributed by atoms with Crippen molar-refractivity contribution in [2.24, 2.45) is 0 Å². The zero-order valence-corrected chi connectivity index (χ0v) is 8.53. The summed E-state index contributed by atoms with van der Waals surface area (Å²) in [6, 6.07) is 0. The molecule has 3 heterocycles. The number of carbonyl (C=O) groups is 1. The highest BCUT2D eigenvalue weighted by Crippen LogP contribution is 2.23. The lowest BCUT2D eigenvalue weighted by molar-refractivity contribution is 0.0965. The molecule has 0 aliphatic rings. The number of pyridine rings is 1. The summed E-state index contributed by atoms with van der Waals surface area (Å²) in [6.07, 6.45) is 4.92. The highest BCUT2D eigenvalue weighted by Gasteiger charge is 2.15. The van der Waals surface area contributed by atoms with E-state index < -0.39 is 0 Å². The first-order valence-electron chi connectivity index (χ1n) is 4.82. The number of hydrogen-bond acceptors (Lipinski definition) is 3. The number of imidazole rings is 1. The molecule has 0 aliphatic carbocycles. The molecule has 0 radical (unpaired) electrons. The maximum absolute atomic E-state index is 11.7. The SMILES string of the molecule is CNC(=O)c1c[nH]c2ncc3[nH]cnc3c12. The van der Waals surface area contributed by atoms with Crippen LogP contribution < -0.4 is 5.32 Å². The highest BCUT2D eigenvalue weighted by molar-refractivity contribution is 6.14. The van der Waals surface area contributed by atoms with Crippen LogP contribution in [-0.4, -0.2) is 32.9 Å². The Morgan fingerprint density at radius 1 is 1.38 bits per heavy atom. The fraction of sp³-hybridized carbons (Fsp3) is 0.100. The van der Waals surface area contributed by atoms with Crippen LogP contribution in [0.5, 0.6) is 0 Å². The largest absolute Gasteiger partial charge is 0.355 e. The van der Waals surface area contributed by atoms with E-state index in [1.807, 2.05) is 0 Å². The fourth-order valence-corrected chi connectivity index (χ4v) is 1.80. The fourth-order valence-electron chi connectivity index (χ4n) is 1.80. The average molecular weight is 215 g/mol. The van der Waals surface area contributed by atoms with Gasteiger partial charge in [0.25, 0.3) is 5.91 Å². The topological polar surface area (TPSA) is 86.5 Å². The van der Waals surface area contributed by atoms with Gasteiger partial charge in [-0.3, -0.25) is 4.79 Å². The Hall–Kier alpha value is -2.37. The molecule has 6 heteroatoms. The lowest BCUT2D eigenvalue weighted by Crippen LogP contribution is -2.17. The molecule has 0 spiro atoms. The van der Waals surface area contributed by atoms with Crippen molar-refractivity contribution in [3.05, 3.63) is 24.3 Å². The molecular formula is C10H9N5O. The second kappa shape index (κ2) is 3.06. The summed E-state index contributed by atoms with van der Waals surface area (Å²) in [7, 11) is 1.60. The normalized spacial score (nSPS) is 11.1. The Labute approximate surface area is 90.1 Å². The highest BCUT2D eigenvalue weighted by atomic mass is 16.1. The predicted molar refractivity (Wildman–Crippen MR) is 59.1 cm³/mol. The van der Waals surface area contributed by atoms with Crippen molar-refractivity contribution in [2.75, 3.05) is 7.05 Å². The Balaban J connectivity index is 2.45. The van der Waals surface area contributed by atoms with Gasteiger partial charge >= 0.3 is 0 Å². The third-order valence-electron chi connectivity index (χ3n) is 2.56. The monoisotopic (exact) mass is 215 g/mol. The van der Waals surface area contributed by atoms with Crippen LogP contribution >= 0.6 is 0 Å². The van der Waals surface area contributed by atoms with E-state index in [-0.39, 0.29) is 5.91 Å². The summed E-state index contributed by atoms with van der Waals surface area (Å²) in [6.45, 7) is 0. The van der Waals surface area contributed by atoms with Gasteiger partial charge in [-0.05, 0) is 0 Å². The van der Waals surface area contributed by atoms with Crippen molar-refractivity contribution in [2.45, 2.75) is 0 Å². The van der Waals surface area contributed by atoms with Crippen molar-refractivity contribution in [3.8, 4) is 0 Å². The molecule has 3 rings (SSSR count). The van der Waals surface area contributed by atoms with Crippen LogP contribution in [0.4, 0.5) is 0 Å². The first-order valence-corrected chi connectivity index (χ1v) is 4.82. The predicted octanol–water partition coefficient (Wildman–Crippen LogP) is 0.799. The molecule has 0 saturated carbocycles. The molecule has 0 saturated heterocycles. The van der Waals surface area contributed by atoms with Crippen molar-refractivity contribution in [3.63, 3.8) is 0 Å². The van der Waals surface area contributed by atoms with E-state index in [0.29, 0.717) is 11.2 Å². The molecule has 0 atom stereocenters. The molecule has 3 aromatic heterocycles. The summed E-state index contributed by atoms with van der Waals surface area (Å²) in [5, 5.41) is 3.34. The zero-order chi connectivity index (χ0) is 11.1. The van der Waals surface area contributed by atoms with E-state index in [4.69, 9.17) is 0 Å². The number of hydrogen-bond donors (Lipinski definition) is 3.